The lowest BCUT2D eigenvalue weighted by Crippen LogP contribution is -2.32. The van der Waals surface area contributed by atoms with Crippen molar-refractivity contribution in [2.75, 3.05) is 18.4 Å². The maximum absolute atomic E-state index is 6.06. The molecule has 2 aromatic carbocycles. The van der Waals surface area contributed by atoms with Crippen molar-refractivity contribution in [3.8, 4) is 11.4 Å². The van der Waals surface area contributed by atoms with Gasteiger partial charge in [-0.25, -0.2) is 4.98 Å². The maximum Gasteiger partial charge on any atom is 0.229 e. The molecule has 1 saturated heterocycles. The standard InChI is InChI=1S/C30H35N5O/c1-21(2)36-28-8-4-3-7-27(28)35-18-15-24-20-31-30(33-29(24)35)32-25-12-9-22-10-13-26(14-11-23(22)19-25)34-16-5-6-17-34/h3-4,7-9,12,15,18-21,26H,5-6,10-11,13-14,16-17H2,1-2H3,(H,31,32,33). The van der Waals surface area contributed by atoms with Crippen molar-refractivity contribution in [1.29, 1.82) is 0 Å². The minimum Gasteiger partial charge on any atom is -0.489 e. The first-order valence-corrected chi connectivity index (χ1v) is 13.4. The van der Waals surface area contributed by atoms with Crippen LogP contribution in [-0.2, 0) is 12.8 Å². The Morgan fingerprint density at radius 3 is 2.61 bits per heavy atom. The molecular weight excluding hydrogens is 446 g/mol. The molecule has 6 heteroatoms. The van der Waals surface area contributed by atoms with Gasteiger partial charge in [0.2, 0.25) is 5.95 Å². The highest BCUT2D eigenvalue weighted by Gasteiger charge is 2.24. The molecule has 1 aliphatic heterocycles. The van der Waals surface area contributed by atoms with Crippen molar-refractivity contribution in [2.24, 2.45) is 0 Å². The first kappa shape index (κ1) is 23.0. The third-order valence-corrected chi connectivity index (χ3v) is 7.53. The van der Waals surface area contributed by atoms with Gasteiger partial charge in [-0.05, 0) is 107 Å². The van der Waals surface area contributed by atoms with Gasteiger partial charge in [0, 0.05) is 29.5 Å². The van der Waals surface area contributed by atoms with Gasteiger partial charge in [0.05, 0.1) is 11.8 Å². The summed E-state index contributed by atoms with van der Waals surface area (Å²) in [6.07, 6.45) is 11.6. The van der Waals surface area contributed by atoms with Crippen molar-refractivity contribution >= 4 is 22.7 Å². The van der Waals surface area contributed by atoms with E-state index in [1.54, 1.807) is 0 Å². The van der Waals surface area contributed by atoms with Gasteiger partial charge in [-0.15, -0.1) is 0 Å². The Morgan fingerprint density at radius 1 is 0.972 bits per heavy atom. The van der Waals surface area contributed by atoms with E-state index in [-0.39, 0.29) is 6.10 Å². The Labute approximate surface area is 213 Å². The average molecular weight is 482 g/mol. The minimum absolute atomic E-state index is 0.0960. The van der Waals surface area contributed by atoms with E-state index < -0.39 is 0 Å². The Kier molecular flexibility index (Phi) is 6.36. The summed E-state index contributed by atoms with van der Waals surface area (Å²) >= 11 is 0. The van der Waals surface area contributed by atoms with Crippen LogP contribution < -0.4 is 10.1 Å². The summed E-state index contributed by atoms with van der Waals surface area (Å²) in [7, 11) is 0. The first-order valence-electron chi connectivity index (χ1n) is 13.4. The second-order valence-electron chi connectivity index (χ2n) is 10.4. The molecule has 4 aromatic rings. The number of para-hydroxylation sites is 2. The zero-order chi connectivity index (χ0) is 24.5. The highest BCUT2D eigenvalue weighted by atomic mass is 16.5. The van der Waals surface area contributed by atoms with Gasteiger partial charge in [0.1, 0.15) is 11.4 Å². The maximum atomic E-state index is 6.06. The van der Waals surface area contributed by atoms with Crippen molar-refractivity contribution < 1.29 is 4.74 Å². The molecule has 0 saturated carbocycles. The average Bonchev–Trinajstić information content (AvgIpc) is 3.51. The number of hydrogen-bond donors (Lipinski definition) is 1. The quantitative estimate of drug-likeness (QED) is 0.328. The van der Waals surface area contributed by atoms with Crippen LogP contribution in [0.4, 0.5) is 11.6 Å². The van der Waals surface area contributed by atoms with Crippen LogP contribution in [-0.4, -0.2) is 44.7 Å². The Morgan fingerprint density at radius 2 is 1.78 bits per heavy atom. The van der Waals surface area contributed by atoms with E-state index in [1.807, 2.05) is 50.5 Å². The highest BCUT2D eigenvalue weighted by Crippen LogP contribution is 2.30. The number of anilines is 2. The van der Waals surface area contributed by atoms with Crippen molar-refractivity contribution in [3.05, 3.63) is 72.1 Å². The van der Waals surface area contributed by atoms with Gasteiger partial charge in [-0.2, -0.15) is 4.98 Å². The van der Waals surface area contributed by atoms with Crippen molar-refractivity contribution in [1.82, 2.24) is 19.4 Å². The van der Waals surface area contributed by atoms with Crippen LogP contribution in [0.25, 0.3) is 16.7 Å². The number of nitrogens with zero attached hydrogens (tertiary/aromatic N) is 4. The normalized spacial score (nSPS) is 18.4. The SMILES string of the molecule is CC(C)Oc1ccccc1-n1ccc2cnc(Nc3ccc4c(c3)CCC(N3CCCC3)CC4)nc21. The van der Waals surface area contributed by atoms with Gasteiger partial charge in [-0.1, -0.05) is 18.2 Å². The molecule has 1 fully saturated rings. The Hall–Kier alpha value is -3.38. The zero-order valence-electron chi connectivity index (χ0n) is 21.3. The number of hydrogen-bond acceptors (Lipinski definition) is 5. The fourth-order valence-corrected chi connectivity index (χ4v) is 5.75. The number of rotatable bonds is 6. The minimum atomic E-state index is 0.0960. The number of nitrogens with one attached hydrogen (secondary N) is 1. The van der Waals surface area contributed by atoms with Crippen molar-refractivity contribution in [3.63, 3.8) is 0 Å². The van der Waals surface area contributed by atoms with E-state index in [2.05, 4.69) is 44.0 Å². The number of benzene rings is 2. The molecule has 0 spiro atoms. The molecule has 1 N–H and O–H groups in total. The molecule has 1 atom stereocenters. The number of fused-ring (bicyclic) bond motifs is 2. The Balaban J connectivity index is 1.24. The third kappa shape index (κ3) is 4.70. The molecular formula is C30H35N5O. The van der Waals surface area contributed by atoms with E-state index in [0.29, 0.717) is 5.95 Å². The molecule has 36 heavy (non-hydrogen) atoms. The highest BCUT2D eigenvalue weighted by molar-refractivity contribution is 5.79. The lowest BCUT2D eigenvalue weighted by Gasteiger charge is -2.25. The molecule has 0 bridgehead atoms. The van der Waals surface area contributed by atoms with E-state index >= 15 is 0 Å². The molecule has 0 amide bonds. The molecule has 1 aliphatic carbocycles. The number of ether oxygens (including phenoxy) is 1. The largest absolute Gasteiger partial charge is 0.489 e. The van der Waals surface area contributed by atoms with Crippen LogP contribution in [0, 0.1) is 0 Å². The predicted molar refractivity (Wildman–Crippen MR) is 146 cm³/mol. The van der Waals surface area contributed by atoms with Gasteiger partial charge in [0.15, 0.2) is 0 Å². The van der Waals surface area contributed by atoms with Crippen LogP contribution in [0.15, 0.2) is 60.9 Å². The van der Waals surface area contributed by atoms with Crippen LogP contribution >= 0.6 is 0 Å². The fraction of sp³-hybridized carbons (Fsp3) is 0.400. The van der Waals surface area contributed by atoms with E-state index in [1.165, 1.54) is 56.3 Å². The summed E-state index contributed by atoms with van der Waals surface area (Å²) in [4.78, 5) is 12.2. The van der Waals surface area contributed by atoms with Crippen LogP contribution in [0.5, 0.6) is 5.75 Å². The van der Waals surface area contributed by atoms with Gasteiger partial charge in [0.25, 0.3) is 0 Å². The van der Waals surface area contributed by atoms with Crippen LogP contribution in [0.3, 0.4) is 0 Å². The molecule has 2 aromatic heterocycles. The molecule has 6 nitrogen and oxygen atoms in total. The lowest BCUT2D eigenvalue weighted by molar-refractivity contribution is 0.222. The van der Waals surface area contributed by atoms with E-state index in [0.717, 1.165) is 40.6 Å². The molecule has 2 aliphatic rings. The molecule has 0 radical (unpaired) electrons. The lowest BCUT2D eigenvalue weighted by atomic mass is 10.0. The van der Waals surface area contributed by atoms with Crippen LogP contribution in [0.2, 0.25) is 0 Å². The number of likely N-dealkylation sites (tertiary alicyclic amines) is 1. The van der Waals surface area contributed by atoms with Gasteiger partial charge < -0.3 is 15.0 Å². The Bertz CT molecular complexity index is 1350. The summed E-state index contributed by atoms with van der Waals surface area (Å²) in [5.74, 6) is 1.45. The van der Waals surface area contributed by atoms with Crippen molar-refractivity contribution in [2.45, 2.75) is 64.5 Å². The predicted octanol–water partition coefficient (Wildman–Crippen LogP) is 6.29. The monoisotopic (exact) mass is 481 g/mol. The second-order valence-corrected chi connectivity index (χ2v) is 10.4. The molecule has 1 unspecified atom stereocenters. The summed E-state index contributed by atoms with van der Waals surface area (Å²) in [5, 5.41) is 4.47. The van der Waals surface area contributed by atoms with Gasteiger partial charge >= 0.3 is 0 Å². The molecule has 3 heterocycles. The van der Waals surface area contributed by atoms with Crippen LogP contribution in [0.1, 0.15) is 50.7 Å². The van der Waals surface area contributed by atoms with E-state index in [4.69, 9.17) is 9.72 Å². The third-order valence-electron chi connectivity index (χ3n) is 7.53. The zero-order valence-corrected chi connectivity index (χ0v) is 21.3. The summed E-state index contributed by atoms with van der Waals surface area (Å²) < 4.78 is 8.14. The molecule has 186 valence electrons. The smallest absolute Gasteiger partial charge is 0.229 e. The first-order chi connectivity index (χ1) is 17.6. The topological polar surface area (TPSA) is 55.2 Å². The molecule has 6 rings (SSSR count). The fourth-order valence-electron chi connectivity index (χ4n) is 5.75. The van der Waals surface area contributed by atoms with Gasteiger partial charge in [-0.3, -0.25) is 4.57 Å². The second kappa shape index (κ2) is 9.94. The number of aryl methyl sites for hydroxylation is 2. The summed E-state index contributed by atoms with van der Waals surface area (Å²) in [6.45, 7) is 6.65. The summed E-state index contributed by atoms with van der Waals surface area (Å²) in [5.41, 5.74) is 5.84. The van der Waals surface area contributed by atoms with E-state index in [9.17, 15) is 0 Å². The number of aromatic nitrogens is 3. The summed E-state index contributed by atoms with van der Waals surface area (Å²) in [6, 6.07) is 17.7.